The summed E-state index contributed by atoms with van der Waals surface area (Å²) in [5.41, 5.74) is 4.27. The zero-order valence-corrected chi connectivity index (χ0v) is 14.7. The Morgan fingerprint density at radius 3 is 2.55 bits per heavy atom. The molecule has 1 nitrogen and oxygen atoms in total. The van der Waals surface area contributed by atoms with Crippen LogP contribution in [0, 0.1) is 13.8 Å². The predicted molar refractivity (Wildman–Crippen MR) is 95.1 cm³/mol. The van der Waals surface area contributed by atoms with E-state index >= 15 is 0 Å². The van der Waals surface area contributed by atoms with Gasteiger partial charge in [0.1, 0.15) is 0 Å². The van der Waals surface area contributed by atoms with E-state index in [1.54, 1.807) is 0 Å². The van der Waals surface area contributed by atoms with Crippen molar-refractivity contribution in [1.29, 1.82) is 0 Å². The lowest BCUT2D eigenvalue weighted by Gasteiger charge is -2.36. The molecule has 0 spiro atoms. The van der Waals surface area contributed by atoms with Crippen molar-refractivity contribution in [2.45, 2.75) is 50.7 Å². The summed E-state index contributed by atoms with van der Waals surface area (Å²) in [6.45, 7) is 10.0. The van der Waals surface area contributed by atoms with Crippen LogP contribution in [0.15, 0.2) is 18.2 Å². The maximum Gasteiger partial charge on any atom is 0.0451 e. The molecule has 0 radical (unpaired) electrons. The van der Waals surface area contributed by atoms with E-state index in [2.05, 4.69) is 74.7 Å². The van der Waals surface area contributed by atoms with Crippen LogP contribution in [0.4, 0.5) is 0 Å². The summed E-state index contributed by atoms with van der Waals surface area (Å²) < 4.78 is 0. The van der Waals surface area contributed by atoms with Gasteiger partial charge < -0.3 is 5.32 Å². The van der Waals surface area contributed by atoms with Crippen LogP contribution < -0.4 is 5.32 Å². The molecule has 1 saturated heterocycles. The Bertz CT molecular complexity index is 433. The molecule has 1 heterocycles. The number of hydrogen-bond acceptors (Lipinski definition) is 3. The van der Waals surface area contributed by atoms with Crippen LogP contribution in [0.5, 0.6) is 0 Å². The van der Waals surface area contributed by atoms with E-state index in [0.29, 0.717) is 11.3 Å². The zero-order chi connectivity index (χ0) is 14.5. The van der Waals surface area contributed by atoms with Crippen LogP contribution in [-0.2, 0) is 0 Å². The van der Waals surface area contributed by atoms with Gasteiger partial charge in [-0.3, -0.25) is 0 Å². The molecule has 112 valence electrons. The highest BCUT2D eigenvalue weighted by molar-refractivity contribution is 8.07. The first-order chi connectivity index (χ1) is 9.67. The molecule has 2 rings (SSSR count). The van der Waals surface area contributed by atoms with Gasteiger partial charge in [0.2, 0.25) is 0 Å². The Balaban J connectivity index is 2.26. The second-order valence-electron chi connectivity index (χ2n) is 5.53. The number of hydrogen-bond donors (Lipinski definition) is 1. The number of benzene rings is 1. The fraction of sp³-hybridized carbons (Fsp3) is 0.647. The minimum absolute atomic E-state index is 0.488. The lowest BCUT2D eigenvalue weighted by Crippen LogP contribution is -2.38. The molecule has 20 heavy (non-hydrogen) atoms. The third-order valence-corrected chi connectivity index (χ3v) is 7.49. The third-order valence-electron chi connectivity index (χ3n) is 4.14. The second-order valence-corrected chi connectivity index (χ2v) is 8.16. The quantitative estimate of drug-likeness (QED) is 0.855. The van der Waals surface area contributed by atoms with Gasteiger partial charge in [0.15, 0.2) is 0 Å². The molecular formula is C17H27NS2. The molecule has 1 aliphatic rings. The number of rotatable bonds is 5. The molecule has 1 aliphatic heterocycles. The normalized spacial score (nSPS) is 24.6. The summed E-state index contributed by atoms with van der Waals surface area (Å²) in [7, 11) is 0. The van der Waals surface area contributed by atoms with E-state index in [1.807, 2.05) is 0 Å². The Morgan fingerprint density at radius 2 is 1.90 bits per heavy atom. The summed E-state index contributed by atoms with van der Waals surface area (Å²) in [5, 5.41) is 5.22. The van der Waals surface area contributed by atoms with Gasteiger partial charge in [-0.1, -0.05) is 32.0 Å². The van der Waals surface area contributed by atoms with Crippen LogP contribution in [0.2, 0.25) is 0 Å². The summed E-state index contributed by atoms with van der Waals surface area (Å²) in [4.78, 5) is 0. The van der Waals surface area contributed by atoms with Crippen molar-refractivity contribution in [3.63, 3.8) is 0 Å². The largest absolute Gasteiger partial charge is 0.309 e. The molecule has 0 bridgehead atoms. The highest BCUT2D eigenvalue weighted by atomic mass is 32.2. The maximum atomic E-state index is 3.75. The minimum Gasteiger partial charge on any atom is -0.309 e. The summed E-state index contributed by atoms with van der Waals surface area (Å²) in [5.74, 6) is 2.60. The fourth-order valence-electron chi connectivity index (χ4n) is 2.85. The first kappa shape index (κ1) is 16.3. The van der Waals surface area contributed by atoms with Gasteiger partial charge in [0.05, 0.1) is 0 Å². The molecule has 1 aromatic carbocycles. The van der Waals surface area contributed by atoms with Crippen LogP contribution in [0.25, 0.3) is 0 Å². The van der Waals surface area contributed by atoms with Gasteiger partial charge in [0.25, 0.3) is 0 Å². The van der Waals surface area contributed by atoms with Crippen LogP contribution in [0.1, 0.15) is 43.0 Å². The average molecular weight is 310 g/mol. The summed E-state index contributed by atoms with van der Waals surface area (Å²) in [6.07, 6.45) is 1.27. The van der Waals surface area contributed by atoms with Gasteiger partial charge in [0, 0.05) is 28.0 Å². The molecule has 3 unspecified atom stereocenters. The molecule has 0 aromatic heterocycles. The third kappa shape index (κ3) is 3.75. The second kappa shape index (κ2) is 7.77. The summed E-state index contributed by atoms with van der Waals surface area (Å²) in [6, 6.07) is 7.47. The molecule has 1 aromatic rings. The van der Waals surface area contributed by atoms with E-state index in [1.165, 1.54) is 34.6 Å². The SMILES string of the molecule is CCNC(c1ccc(C)c(C)c1)C1SCCSC1CC. The van der Waals surface area contributed by atoms with Crippen LogP contribution >= 0.6 is 23.5 Å². The smallest absolute Gasteiger partial charge is 0.0451 e. The Morgan fingerprint density at radius 1 is 1.15 bits per heavy atom. The van der Waals surface area contributed by atoms with Gasteiger partial charge in [-0.15, -0.1) is 0 Å². The van der Waals surface area contributed by atoms with Crippen LogP contribution in [-0.4, -0.2) is 28.6 Å². The number of thioether (sulfide) groups is 2. The highest BCUT2D eigenvalue weighted by Gasteiger charge is 2.32. The van der Waals surface area contributed by atoms with Crippen molar-refractivity contribution in [1.82, 2.24) is 5.32 Å². The maximum absolute atomic E-state index is 3.75. The van der Waals surface area contributed by atoms with Gasteiger partial charge in [-0.2, -0.15) is 23.5 Å². The van der Waals surface area contributed by atoms with Crippen molar-refractivity contribution < 1.29 is 0 Å². The lowest BCUT2D eigenvalue weighted by atomic mass is 9.96. The van der Waals surface area contributed by atoms with E-state index in [0.717, 1.165) is 11.8 Å². The van der Waals surface area contributed by atoms with Gasteiger partial charge in [-0.25, -0.2) is 0 Å². The van der Waals surface area contributed by atoms with Crippen molar-refractivity contribution >= 4 is 23.5 Å². The minimum atomic E-state index is 0.488. The lowest BCUT2D eigenvalue weighted by molar-refractivity contribution is 0.512. The van der Waals surface area contributed by atoms with E-state index in [-0.39, 0.29) is 0 Å². The Kier molecular flexibility index (Phi) is 6.31. The first-order valence-corrected chi connectivity index (χ1v) is 9.80. The van der Waals surface area contributed by atoms with E-state index in [4.69, 9.17) is 0 Å². The molecule has 1 fully saturated rings. The molecular weight excluding hydrogens is 282 g/mol. The average Bonchev–Trinajstić information content (AvgIpc) is 2.48. The first-order valence-electron chi connectivity index (χ1n) is 7.71. The van der Waals surface area contributed by atoms with Crippen molar-refractivity contribution in [3.05, 3.63) is 34.9 Å². The highest BCUT2D eigenvalue weighted by Crippen LogP contribution is 2.40. The predicted octanol–water partition coefficient (Wildman–Crippen LogP) is 4.58. The molecule has 0 saturated carbocycles. The van der Waals surface area contributed by atoms with Gasteiger partial charge in [-0.05, 0) is 43.5 Å². The molecule has 0 amide bonds. The topological polar surface area (TPSA) is 12.0 Å². The van der Waals surface area contributed by atoms with Crippen LogP contribution in [0.3, 0.4) is 0 Å². The van der Waals surface area contributed by atoms with Crippen molar-refractivity contribution in [3.8, 4) is 0 Å². The molecule has 0 aliphatic carbocycles. The Labute approximate surface area is 132 Å². The van der Waals surface area contributed by atoms with E-state index in [9.17, 15) is 0 Å². The molecule has 3 atom stereocenters. The van der Waals surface area contributed by atoms with E-state index < -0.39 is 0 Å². The fourth-order valence-corrected chi connectivity index (χ4v) is 6.10. The van der Waals surface area contributed by atoms with Crippen molar-refractivity contribution in [2.24, 2.45) is 0 Å². The monoisotopic (exact) mass is 309 g/mol. The molecule has 3 heteroatoms. The Hall–Kier alpha value is -0.120. The number of nitrogens with one attached hydrogen (secondary N) is 1. The number of aryl methyl sites for hydroxylation is 2. The van der Waals surface area contributed by atoms with Gasteiger partial charge >= 0.3 is 0 Å². The standard InChI is InChI=1S/C17H27NS2/c1-5-15-17(20-10-9-19-15)16(18-6-2)14-8-7-12(3)13(4)11-14/h7-8,11,15-18H,5-6,9-10H2,1-4H3. The summed E-state index contributed by atoms with van der Waals surface area (Å²) >= 11 is 4.33. The zero-order valence-electron chi connectivity index (χ0n) is 13.1. The molecule has 1 N–H and O–H groups in total. The van der Waals surface area contributed by atoms with Crippen molar-refractivity contribution in [2.75, 3.05) is 18.1 Å².